The van der Waals surface area contributed by atoms with Crippen LogP contribution < -0.4 is 4.90 Å². The van der Waals surface area contributed by atoms with Gasteiger partial charge in [-0.1, -0.05) is 52.8 Å². The van der Waals surface area contributed by atoms with Crippen molar-refractivity contribution in [1.29, 1.82) is 0 Å². The zero-order valence-electron chi connectivity index (χ0n) is 42.5. The molecule has 18 atom stereocenters. The van der Waals surface area contributed by atoms with Crippen LogP contribution in [0.5, 0.6) is 0 Å². The van der Waals surface area contributed by atoms with Crippen LogP contribution in [0.25, 0.3) is 0 Å². The smallest absolute Gasteiger partial charge is 0.324 e. The maximum Gasteiger partial charge on any atom is 0.324 e. The van der Waals surface area contributed by atoms with Crippen molar-refractivity contribution in [2.75, 3.05) is 52.3 Å². The highest BCUT2D eigenvalue weighted by atomic mass is 16.7. The predicted molar refractivity (Wildman–Crippen MR) is 251 cm³/mol. The summed E-state index contributed by atoms with van der Waals surface area (Å²) in [7, 11) is 5.05. The normalized spacial score (nSPS) is 42.3. The van der Waals surface area contributed by atoms with E-state index in [2.05, 4.69) is 16.7 Å². The van der Waals surface area contributed by atoms with Gasteiger partial charge in [-0.05, 0) is 98.2 Å². The van der Waals surface area contributed by atoms with E-state index in [9.17, 15) is 30.0 Å². The van der Waals surface area contributed by atoms with Crippen molar-refractivity contribution in [2.24, 2.45) is 23.7 Å². The van der Waals surface area contributed by atoms with E-state index in [4.69, 9.17) is 28.4 Å². The van der Waals surface area contributed by atoms with Gasteiger partial charge in [0.05, 0.1) is 42.0 Å². The average molecular weight is 935 g/mol. The van der Waals surface area contributed by atoms with E-state index in [0.29, 0.717) is 31.6 Å². The Kier molecular flexibility index (Phi) is 18.6. The third-order valence-corrected chi connectivity index (χ3v) is 15.4. The number of aliphatic hydroxyl groups excluding tert-OH is 2. The minimum absolute atomic E-state index is 0.103. The van der Waals surface area contributed by atoms with Crippen LogP contribution in [0.15, 0.2) is 30.3 Å². The van der Waals surface area contributed by atoms with Crippen LogP contribution in [0.2, 0.25) is 0 Å². The minimum atomic E-state index is -1.82. The van der Waals surface area contributed by atoms with Gasteiger partial charge in [-0.2, -0.15) is 0 Å². The number of urea groups is 1. The van der Waals surface area contributed by atoms with Gasteiger partial charge >= 0.3 is 12.0 Å². The van der Waals surface area contributed by atoms with Crippen LogP contribution >= 0.6 is 0 Å². The van der Waals surface area contributed by atoms with Gasteiger partial charge in [0.1, 0.15) is 29.6 Å². The van der Waals surface area contributed by atoms with Gasteiger partial charge in [0.15, 0.2) is 12.6 Å². The van der Waals surface area contributed by atoms with Crippen LogP contribution in [0.4, 0.5) is 10.5 Å². The number of para-hydroxylation sites is 1. The van der Waals surface area contributed by atoms with Crippen LogP contribution in [-0.2, 0) is 33.2 Å². The van der Waals surface area contributed by atoms with Gasteiger partial charge in [-0.3, -0.25) is 19.5 Å². The topological polar surface area (TPSA) is 183 Å². The fraction of sp³-hybridized carbons (Fsp3) is 0.840. The van der Waals surface area contributed by atoms with Crippen molar-refractivity contribution in [3.8, 4) is 0 Å². The Hall–Kier alpha value is -2.48. The summed E-state index contributed by atoms with van der Waals surface area (Å²) < 4.78 is 39.5. The molecule has 2 unspecified atom stereocenters. The molecule has 4 fully saturated rings. The van der Waals surface area contributed by atoms with Crippen molar-refractivity contribution in [3.05, 3.63) is 30.3 Å². The molecule has 2 amide bonds. The Morgan fingerprint density at radius 2 is 1.56 bits per heavy atom. The number of hydrogen-bond donors (Lipinski definition) is 4. The number of benzene rings is 1. The van der Waals surface area contributed by atoms with Crippen molar-refractivity contribution in [1.82, 2.24) is 14.7 Å². The largest absolute Gasteiger partial charge is 0.459 e. The summed E-state index contributed by atoms with van der Waals surface area (Å²) in [5.74, 6) is -2.57. The minimum Gasteiger partial charge on any atom is -0.459 e. The summed E-state index contributed by atoms with van der Waals surface area (Å²) in [4.78, 5) is 36.1. The number of amides is 2. The second-order valence-electron chi connectivity index (χ2n) is 20.7. The Balaban J connectivity index is 1.58. The number of rotatable bonds is 12. The van der Waals surface area contributed by atoms with Crippen LogP contribution in [0.3, 0.4) is 0 Å². The first kappa shape index (κ1) is 54.5. The SMILES string of the molecule is CCCN1C[C@H](C)C[C@@](C)(O)[C@H](O[C@@H]2O[C@H](C)CC(N(C)C(=O)N(C)c3ccccc3)[C@H]2O)[C@@H](C)[C@H](O[C@H]2C[C@@]3(OC)C(CN3CCC)[C@H](C)O2)[C@@H](C)C(=O)O[C@H](CC)[C@@](C)(O)[C@H](O)[C@H]1C. The second kappa shape index (κ2) is 22.5. The lowest BCUT2D eigenvalue weighted by Crippen LogP contribution is -2.74. The summed E-state index contributed by atoms with van der Waals surface area (Å²) in [5, 5.41) is 49.2. The summed E-state index contributed by atoms with van der Waals surface area (Å²) in [6.45, 7) is 23.2. The summed E-state index contributed by atoms with van der Waals surface area (Å²) in [5.41, 5.74) is -3.41. The number of esters is 1. The molecule has 4 heterocycles. The third-order valence-electron chi connectivity index (χ3n) is 15.4. The molecule has 1 aromatic rings. The molecular weight excluding hydrogens is 849 g/mol. The number of nitrogens with zero attached hydrogens (tertiary/aromatic N) is 4. The number of methoxy groups -OCH3 is 1. The lowest BCUT2D eigenvalue weighted by atomic mass is 9.75. The number of fused-ring (bicyclic) bond motifs is 1. The van der Waals surface area contributed by atoms with E-state index in [1.165, 1.54) is 16.7 Å². The number of cyclic esters (lactones) is 1. The molecule has 66 heavy (non-hydrogen) atoms. The number of anilines is 1. The predicted octanol–water partition coefficient (Wildman–Crippen LogP) is 5.23. The summed E-state index contributed by atoms with van der Waals surface area (Å²) >= 11 is 0. The average Bonchev–Trinajstić information content (AvgIpc) is 3.27. The molecule has 1 aromatic carbocycles. The van der Waals surface area contributed by atoms with Gasteiger partial charge in [0.25, 0.3) is 0 Å². The second-order valence-corrected chi connectivity index (χ2v) is 20.7. The standard InChI is InChI=1S/C50H86N4O12/c1-15-23-53-28-30(4)26-48(10,59)44(66-46-41(55)38(25-31(5)62-46)52(13)47(58)51(12)36-21-19-18-20-22-36)32(6)42(33(7)45(57)64-39(17-3)49(11,60)43(56)34(53)8)65-40-27-50(61-14)37(35(9)63-40)29-54(50)24-16-2/h18-22,30-35,37-44,46,55-56,59-60H,15-17,23-29H2,1-14H3/t30-,31-,32+,33-,34-,35+,37?,38?,39-,40+,41-,42+,43-,44-,46+,48-,49-,50-/m1/s1. The quantitative estimate of drug-likeness (QED) is 0.200. The molecule has 4 saturated heterocycles. The lowest BCUT2D eigenvalue weighted by molar-refractivity contribution is -0.364. The lowest BCUT2D eigenvalue weighted by Gasteiger charge is -2.63. The van der Waals surface area contributed by atoms with Crippen molar-refractivity contribution >= 4 is 17.7 Å². The molecule has 0 spiro atoms. The Labute approximate surface area is 395 Å². The van der Waals surface area contributed by atoms with Gasteiger partial charge < -0.3 is 53.7 Å². The molecule has 0 aromatic heterocycles. The van der Waals surface area contributed by atoms with Gasteiger partial charge in [0.2, 0.25) is 0 Å². The molecule has 4 aliphatic heterocycles. The third kappa shape index (κ3) is 11.4. The van der Waals surface area contributed by atoms with E-state index in [0.717, 1.165) is 25.9 Å². The molecule has 0 radical (unpaired) electrons. The number of hydrogen-bond acceptors (Lipinski definition) is 14. The van der Waals surface area contributed by atoms with Gasteiger partial charge in [-0.25, -0.2) is 4.79 Å². The molecule has 4 aliphatic rings. The Bertz CT molecular complexity index is 1710. The van der Waals surface area contributed by atoms with E-state index in [1.807, 2.05) is 71.9 Å². The zero-order valence-corrected chi connectivity index (χ0v) is 42.5. The monoisotopic (exact) mass is 935 g/mol. The Morgan fingerprint density at radius 1 is 0.909 bits per heavy atom. The molecule has 5 rings (SSSR count). The first-order valence-electron chi connectivity index (χ1n) is 24.7. The van der Waals surface area contributed by atoms with E-state index in [-0.39, 0.29) is 36.8 Å². The summed E-state index contributed by atoms with van der Waals surface area (Å²) in [6, 6.07) is 7.66. The summed E-state index contributed by atoms with van der Waals surface area (Å²) in [6.07, 6.45) is -5.92. The molecule has 4 N–H and O–H groups in total. The zero-order chi connectivity index (χ0) is 49.1. The van der Waals surface area contributed by atoms with Crippen LogP contribution in [0, 0.1) is 23.7 Å². The van der Waals surface area contributed by atoms with Gasteiger partial charge in [0, 0.05) is 70.8 Å². The van der Waals surface area contributed by atoms with Crippen molar-refractivity contribution in [3.63, 3.8) is 0 Å². The Morgan fingerprint density at radius 3 is 2.17 bits per heavy atom. The van der Waals surface area contributed by atoms with Gasteiger partial charge in [-0.15, -0.1) is 0 Å². The molecular formula is C50H86N4O12. The molecule has 16 heteroatoms. The van der Waals surface area contributed by atoms with E-state index < -0.39 is 96.0 Å². The number of carbonyl (C=O) groups excluding carboxylic acids is 2. The fourth-order valence-corrected chi connectivity index (χ4v) is 11.7. The number of ether oxygens (including phenoxy) is 6. The first-order valence-corrected chi connectivity index (χ1v) is 24.7. The maximum atomic E-state index is 14.7. The highest BCUT2D eigenvalue weighted by Gasteiger charge is 2.61. The molecule has 16 nitrogen and oxygen atoms in total. The highest BCUT2D eigenvalue weighted by molar-refractivity contribution is 5.91. The number of likely N-dealkylation sites (tertiary alicyclic amines) is 1. The maximum absolute atomic E-state index is 14.7. The fourth-order valence-electron chi connectivity index (χ4n) is 11.7. The van der Waals surface area contributed by atoms with Crippen molar-refractivity contribution < 1.29 is 58.4 Å². The molecule has 0 saturated carbocycles. The number of aliphatic hydroxyl groups is 4. The molecule has 378 valence electrons. The number of carbonyl (C=O) groups is 2. The first-order chi connectivity index (χ1) is 31.0. The van der Waals surface area contributed by atoms with Crippen molar-refractivity contribution in [2.45, 2.75) is 199 Å². The highest BCUT2D eigenvalue weighted by Crippen LogP contribution is 2.49. The molecule has 0 bridgehead atoms. The van der Waals surface area contributed by atoms with E-state index >= 15 is 0 Å². The number of likely N-dealkylation sites (N-methyl/N-ethyl adjacent to an activating group) is 1. The van der Waals surface area contributed by atoms with Crippen LogP contribution in [0.1, 0.15) is 115 Å². The van der Waals surface area contributed by atoms with E-state index in [1.54, 1.807) is 42.0 Å². The molecule has 0 aliphatic carbocycles. The van der Waals surface area contributed by atoms with Crippen LogP contribution in [-0.4, -0.2) is 179 Å².